The van der Waals surface area contributed by atoms with E-state index in [0.717, 1.165) is 31.0 Å². The molecule has 0 bridgehead atoms. The Kier molecular flexibility index (Phi) is 3.87. The molecule has 1 aliphatic heterocycles. The number of rotatable bonds is 4. The molecule has 1 saturated heterocycles. The second-order valence-electron chi connectivity index (χ2n) is 5.06. The third kappa shape index (κ3) is 2.77. The lowest BCUT2D eigenvalue weighted by Crippen LogP contribution is -2.23. The molecule has 1 atom stereocenters. The first-order valence-electron chi connectivity index (χ1n) is 6.99. The zero-order valence-electron chi connectivity index (χ0n) is 11.7. The van der Waals surface area contributed by atoms with E-state index in [1.165, 1.54) is 12.0 Å². The van der Waals surface area contributed by atoms with Crippen molar-refractivity contribution in [2.75, 3.05) is 18.9 Å². The van der Waals surface area contributed by atoms with Crippen molar-refractivity contribution in [3.8, 4) is 0 Å². The SMILES string of the molecule is CNc1cncc([C@@H]2CCCN2Cc2ccncc2)n1. The molecular formula is C15H19N5. The van der Waals surface area contributed by atoms with E-state index in [2.05, 4.69) is 37.3 Å². The number of likely N-dealkylation sites (tertiary alicyclic amines) is 1. The zero-order valence-corrected chi connectivity index (χ0v) is 11.7. The monoisotopic (exact) mass is 269 g/mol. The number of anilines is 1. The Morgan fingerprint density at radius 3 is 2.90 bits per heavy atom. The van der Waals surface area contributed by atoms with Gasteiger partial charge in [0.2, 0.25) is 0 Å². The summed E-state index contributed by atoms with van der Waals surface area (Å²) in [6.07, 6.45) is 9.69. The molecule has 2 aromatic rings. The lowest BCUT2D eigenvalue weighted by molar-refractivity contribution is 0.244. The lowest BCUT2D eigenvalue weighted by Gasteiger charge is -2.24. The van der Waals surface area contributed by atoms with Gasteiger partial charge in [0.05, 0.1) is 24.1 Å². The van der Waals surface area contributed by atoms with Crippen LogP contribution in [0, 0.1) is 0 Å². The Morgan fingerprint density at radius 2 is 2.10 bits per heavy atom. The molecule has 20 heavy (non-hydrogen) atoms. The second kappa shape index (κ2) is 5.96. The zero-order chi connectivity index (χ0) is 13.8. The fraction of sp³-hybridized carbons (Fsp3) is 0.400. The quantitative estimate of drug-likeness (QED) is 0.922. The molecule has 2 aromatic heterocycles. The van der Waals surface area contributed by atoms with Gasteiger partial charge in [-0.1, -0.05) is 0 Å². The molecule has 3 rings (SSSR count). The highest BCUT2D eigenvalue weighted by Crippen LogP contribution is 2.32. The number of nitrogens with one attached hydrogen (secondary N) is 1. The maximum absolute atomic E-state index is 4.64. The molecular weight excluding hydrogens is 250 g/mol. The van der Waals surface area contributed by atoms with Crippen molar-refractivity contribution in [3.05, 3.63) is 48.2 Å². The van der Waals surface area contributed by atoms with Gasteiger partial charge in [-0.2, -0.15) is 0 Å². The first-order chi connectivity index (χ1) is 9.86. The molecule has 0 aromatic carbocycles. The van der Waals surface area contributed by atoms with Crippen LogP contribution in [0.4, 0.5) is 5.82 Å². The number of pyridine rings is 1. The summed E-state index contributed by atoms with van der Waals surface area (Å²) in [6, 6.07) is 4.51. The average Bonchev–Trinajstić information content (AvgIpc) is 2.96. The van der Waals surface area contributed by atoms with E-state index < -0.39 is 0 Å². The van der Waals surface area contributed by atoms with Gasteiger partial charge in [0, 0.05) is 26.0 Å². The summed E-state index contributed by atoms with van der Waals surface area (Å²) in [5.41, 5.74) is 2.35. The minimum atomic E-state index is 0.365. The molecule has 1 aliphatic rings. The van der Waals surface area contributed by atoms with E-state index in [1.807, 2.05) is 25.6 Å². The van der Waals surface area contributed by atoms with Crippen molar-refractivity contribution >= 4 is 5.82 Å². The summed E-state index contributed by atoms with van der Waals surface area (Å²) in [6.45, 7) is 2.05. The van der Waals surface area contributed by atoms with E-state index >= 15 is 0 Å². The van der Waals surface area contributed by atoms with Gasteiger partial charge in [-0.25, -0.2) is 4.98 Å². The van der Waals surface area contributed by atoms with Gasteiger partial charge in [0.15, 0.2) is 0 Å². The van der Waals surface area contributed by atoms with E-state index in [4.69, 9.17) is 0 Å². The first kappa shape index (κ1) is 13.0. The molecule has 1 fully saturated rings. The van der Waals surface area contributed by atoms with Gasteiger partial charge in [0.25, 0.3) is 0 Å². The third-order valence-corrected chi connectivity index (χ3v) is 3.75. The molecule has 0 spiro atoms. The Balaban J connectivity index is 1.78. The van der Waals surface area contributed by atoms with Crippen molar-refractivity contribution in [2.24, 2.45) is 0 Å². The summed E-state index contributed by atoms with van der Waals surface area (Å²) in [7, 11) is 1.87. The predicted octanol–water partition coefficient (Wildman–Crippen LogP) is 2.25. The molecule has 0 saturated carbocycles. The van der Waals surface area contributed by atoms with Crippen LogP contribution in [-0.4, -0.2) is 33.4 Å². The summed E-state index contributed by atoms with van der Waals surface area (Å²) >= 11 is 0. The van der Waals surface area contributed by atoms with Crippen LogP contribution in [0.3, 0.4) is 0 Å². The number of nitrogens with zero attached hydrogens (tertiary/aromatic N) is 4. The Labute approximate surface area is 119 Å². The van der Waals surface area contributed by atoms with Crippen molar-refractivity contribution in [2.45, 2.75) is 25.4 Å². The fourth-order valence-electron chi connectivity index (χ4n) is 2.74. The summed E-state index contributed by atoms with van der Waals surface area (Å²) in [5.74, 6) is 0.832. The predicted molar refractivity (Wildman–Crippen MR) is 78.2 cm³/mol. The van der Waals surface area contributed by atoms with E-state index in [9.17, 15) is 0 Å². The standard InChI is InChI=1S/C15H19N5/c1-16-15-10-18-9-13(19-15)14-3-2-8-20(14)11-12-4-6-17-7-5-12/h4-7,9-10,14H,2-3,8,11H2,1H3,(H,16,19)/t14-/m0/s1. The minimum Gasteiger partial charge on any atom is -0.372 e. The normalized spacial score (nSPS) is 19.1. The van der Waals surface area contributed by atoms with Crippen LogP contribution < -0.4 is 5.32 Å². The lowest BCUT2D eigenvalue weighted by atomic mass is 10.1. The summed E-state index contributed by atoms with van der Waals surface area (Å²) in [5, 5.41) is 3.05. The Bertz CT molecular complexity index is 557. The van der Waals surface area contributed by atoms with Gasteiger partial charge < -0.3 is 5.32 Å². The summed E-state index contributed by atoms with van der Waals surface area (Å²) < 4.78 is 0. The van der Waals surface area contributed by atoms with Crippen molar-refractivity contribution < 1.29 is 0 Å². The van der Waals surface area contributed by atoms with Crippen LogP contribution in [0.2, 0.25) is 0 Å². The highest BCUT2D eigenvalue weighted by Gasteiger charge is 2.27. The molecule has 5 heteroatoms. The third-order valence-electron chi connectivity index (χ3n) is 3.75. The van der Waals surface area contributed by atoms with Gasteiger partial charge in [-0.15, -0.1) is 0 Å². The van der Waals surface area contributed by atoms with E-state index in [0.29, 0.717) is 6.04 Å². The average molecular weight is 269 g/mol. The maximum Gasteiger partial charge on any atom is 0.144 e. The van der Waals surface area contributed by atoms with Gasteiger partial charge >= 0.3 is 0 Å². The van der Waals surface area contributed by atoms with Crippen molar-refractivity contribution in [1.82, 2.24) is 19.9 Å². The molecule has 0 amide bonds. The number of hydrogen-bond acceptors (Lipinski definition) is 5. The highest BCUT2D eigenvalue weighted by atomic mass is 15.2. The molecule has 1 N–H and O–H groups in total. The topological polar surface area (TPSA) is 53.9 Å². The van der Waals surface area contributed by atoms with E-state index in [1.54, 1.807) is 6.20 Å². The van der Waals surface area contributed by atoms with Crippen LogP contribution in [-0.2, 0) is 6.54 Å². The molecule has 3 heterocycles. The number of aromatic nitrogens is 3. The minimum absolute atomic E-state index is 0.365. The largest absolute Gasteiger partial charge is 0.372 e. The van der Waals surface area contributed by atoms with Crippen LogP contribution in [0.1, 0.15) is 30.1 Å². The molecule has 0 aliphatic carbocycles. The van der Waals surface area contributed by atoms with Gasteiger partial charge in [-0.05, 0) is 37.1 Å². The second-order valence-corrected chi connectivity index (χ2v) is 5.06. The van der Waals surface area contributed by atoms with Crippen LogP contribution in [0.25, 0.3) is 0 Å². The van der Waals surface area contributed by atoms with Crippen molar-refractivity contribution in [3.63, 3.8) is 0 Å². The van der Waals surface area contributed by atoms with Gasteiger partial charge in [-0.3, -0.25) is 14.9 Å². The molecule has 0 radical (unpaired) electrons. The first-order valence-corrected chi connectivity index (χ1v) is 6.99. The molecule has 104 valence electrons. The van der Waals surface area contributed by atoms with Crippen LogP contribution in [0.5, 0.6) is 0 Å². The maximum atomic E-state index is 4.64. The highest BCUT2D eigenvalue weighted by molar-refractivity contribution is 5.31. The Morgan fingerprint density at radius 1 is 1.25 bits per heavy atom. The van der Waals surface area contributed by atoms with Crippen LogP contribution >= 0.6 is 0 Å². The fourth-order valence-corrected chi connectivity index (χ4v) is 2.74. The number of hydrogen-bond donors (Lipinski definition) is 1. The van der Waals surface area contributed by atoms with Gasteiger partial charge in [0.1, 0.15) is 5.82 Å². The summed E-state index contributed by atoms with van der Waals surface area (Å²) in [4.78, 5) is 15.5. The molecule has 0 unspecified atom stereocenters. The van der Waals surface area contributed by atoms with E-state index in [-0.39, 0.29) is 0 Å². The smallest absolute Gasteiger partial charge is 0.144 e. The van der Waals surface area contributed by atoms with Crippen molar-refractivity contribution in [1.29, 1.82) is 0 Å². The Hall–Kier alpha value is -2.01. The molecule has 5 nitrogen and oxygen atoms in total. The van der Waals surface area contributed by atoms with Crippen LogP contribution in [0.15, 0.2) is 36.9 Å².